The van der Waals surface area contributed by atoms with E-state index in [9.17, 15) is 5.11 Å². The molecule has 0 aromatic heterocycles. The maximum Gasteiger partial charge on any atom is 0.128 e. The summed E-state index contributed by atoms with van der Waals surface area (Å²) in [4.78, 5) is 0. The third-order valence-electron chi connectivity index (χ3n) is 3.67. The standard InChI is InChI=1S/C15H22O2/c1-5-11-6-7-12(10(2)3)13(14(11)17-4)15(16)8-9-15/h6-7,10,16H,5,8-9H2,1-4H3. The van der Waals surface area contributed by atoms with Gasteiger partial charge in [-0.25, -0.2) is 0 Å². The molecule has 2 rings (SSSR count). The highest BCUT2D eigenvalue weighted by atomic mass is 16.5. The van der Waals surface area contributed by atoms with Crippen LogP contribution in [0.15, 0.2) is 12.1 Å². The van der Waals surface area contributed by atoms with Crippen molar-refractivity contribution in [2.75, 3.05) is 7.11 Å². The largest absolute Gasteiger partial charge is 0.496 e. The predicted molar refractivity (Wildman–Crippen MR) is 69.6 cm³/mol. The van der Waals surface area contributed by atoms with Crippen molar-refractivity contribution in [3.63, 3.8) is 0 Å². The van der Waals surface area contributed by atoms with Crippen LogP contribution >= 0.6 is 0 Å². The molecule has 0 saturated heterocycles. The topological polar surface area (TPSA) is 29.5 Å². The van der Waals surface area contributed by atoms with Crippen LogP contribution in [0.2, 0.25) is 0 Å². The Balaban J connectivity index is 2.63. The molecule has 1 aliphatic rings. The molecule has 0 aliphatic heterocycles. The van der Waals surface area contributed by atoms with Gasteiger partial charge in [-0.2, -0.15) is 0 Å². The maximum absolute atomic E-state index is 10.5. The summed E-state index contributed by atoms with van der Waals surface area (Å²) in [6.45, 7) is 6.44. The normalized spacial score (nSPS) is 17.3. The van der Waals surface area contributed by atoms with Crippen molar-refractivity contribution < 1.29 is 9.84 Å². The molecule has 2 heteroatoms. The first-order valence-electron chi connectivity index (χ1n) is 6.46. The lowest BCUT2D eigenvalue weighted by Crippen LogP contribution is -2.13. The van der Waals surface area contributed by atoms with Crippen LogP contribution in [0.4, 0.5) is 0 Å². The number of methoxy groups -OCH3 is 1. The third kappa shape index (κ3) is 2.06. The SMILES string of the molecule is CCc1ccc(C(C)C)c(C2(O)CC2)c1OC. The van der Waals surface area contributed by atoms with Crippen LogP contribution in [0.1, 0.15) is 56.2 Å². The lowest BCUT2D eigenvalue weighted by molar-refractivity contribution is 0.145. The Hall–Kier alpha value is -1.02. The fourth-order valence-corrected chi connectivity index (χ4v) is 2.48. The lowest BCUT2D eigenvalue weighted by Gasteiger charge is -2.22. The summed E-state index contributed by atoms with van der Waals surface area (Å²) in [6.07, 6.45) is 2.65. The summed E-state index contributed by atoms with van der Waals surface area (Å²) in [6, 6.07) is 4.28. The molecular formula is C15H22O2. The Morgan fingerprint density at radius 2 is 2.00 bits per heavy atom. The fraction of sp³-hybridized carbons (Fsp3) is 0.600. The van der Waals surface area contributed by atoms with E-state index in [-0.39, 0.29) is 0 Å². The molecule has 0 unspecified atom stereocenters. The molecule has 2 nitrogen and oxygen atoms in total. The Bertz CT molecular complexity index is 417. The number of hydrogen-bond acceptors (Lipinski definition) is 2. The predicted octanol–water partition coefficient (Wildman–Crippen LogP) is 3.36. The molecule has 1 aromatic rings. The Labute approximate surface area is 104 Å². The minimum Gasteiger partial charge on any atom is -0.496 e. The second kappa shape index (κ2) is 4.34. The average Bonchev–Trinajstić information content (AvgIpc) is 3.06. The number of benzene rings is 1. The zero-order valence-electron chi connectivity index (χ0n) is 11.2. The van der Waals surface area contributed by atoms with Gasteiger partial charge in [0.2, 0.25) is 0 Å². The van der Waals surface area contributed by atoms with Crippen LogP contribution in [0.5, 0.6) is 5.75 Å². The minimum absolute atomic E-state index is 0.412. The smallest absolute Gasteiger partial charge is 0.128 e. The van der Waals surface area contributed by atoms with E-state index in [1.807, 2.05) is 0 Å². The van der Waals surface area contributed by atoms with Crippen molar-refractivity contribution in [1.29, 1.82) is 0 Å². The van der Waals surface area contributed by atoms with Gasteiger partial charge in [-0.15, -0.1) is 0 Å². The molecule has 1 fully saturated rings. The van der Waals surface area contributed by atoms with Crippen molar-refractivity contribution in [3.8, 4) is 5.75 Å². The monoisotopic (exact) mass is 234 g/mol. The molecule has 1 saturated carbocycles. The molecule has 0 spiro atoms. The van der Waals surface area contributed by atoms with Gasteiger partial charge in [-0.05, 0) is 36.3 Å². The van der Waals surface area contributed by atoms with Gasteiger partial charge in [-0.3, -0.25) is 0 Å². The summed E-state index contributed by atoms with van der Waals surface area (Å²) in [5, 5.41) is 10.5. The maximum atomic E-state index is 10.5. The van der Waals surface area contributed by atoms with Gasteiger partial charge in [0, 0.05) is 5.56 Å². The van der Waals surface area contributed by atoms with Crippen molar-refractivity contribution in [2.45, 2.75) is 51.6 Å². The van der Waals surface area contributed by atoms with Crippen molar-refractivity contribution in [1.82, 2.24) is 0 Å². The van der Waals surface area contributed by atoms with Crippen molar-refractivity contribution >= 4 is 0 Å². The molecule has 0 amide bonds. The number of hydrogen-bond donors (Lipinski definition) is 1. The van der Waals surface area contributed by atoms with Gasteiger partial charge in [0.1, 0.15) is 5.75 Å². The molecule has 0 heterocycles. The Kier molecular flexibility index (Phi) is 3.17. The first-order chi connectivity index (χ1) is 8.03. The zero-order valence-corrected chi connectivity index (χ0v) is 11.2. The van der Waals surface area contributed by atoms with Gasteiger partial charge in [0.05, 0.1) is 12.7 Å². The van der Waals surface area contributed by atoms with Crippen molar-refractivity contribution in [2.24, 2.45) is 0 Å². The molecule has 1 N–H and O–H groups in total. The molecule has 0 radical (unpaired) electrons. The number of aliphatic hydroxyl groups is 1. The lowest BCUT2D eigenvalue weighted by atomic mass is 9.89. The number of aryl methyl sites for hydroxylation is 1. The van der Waals surface area contributed by atoms with Crippen LogP contribution in [-0.4, -0.2) is 12.2 Å². The van der Waals surface area contributed by atoms with Crippen LogP contribution in [0.3, 0.4) is 0 Å². The first kappa shape index (κ1) is 12.4. The highest BCUT2D eigenvalue weighted by Gasteiger charge is 2.46. The van der Waals surface area contributed by atoms with Crippen LogP contribution in [-0.2, 0) is 12.0 Å². The van der Waals surface area contributed by atoms with Gasteiger partial charge >= 0.3 is 0 Å². The van der Waals surface area contributed by atoms with E-state index in [4.69, 9.17) is 4.74 Å². The van der Waals surface area contributed by atoms with E-state index in [2.05, 4.69) is 32.9 Å². The highest BCUT2D eigenvalue weighted by Crippen LogP contribution is 2.52. The molecule has 1 aromatic carbocycles. The zero-order chi connectivity index (χ0) is 12.6. The summed E-state index contributed by atoms with van der Waals surface area (Å²) in [5.74, 6) is 1.31. The molecule has 17 heavy (non-hydrogen) atoms. The summed E-state index contributed by atoms with van der Waals surface area (Å²) < 4.78 is 5.56. The van der Waals surface area contributed by atoms with Gasteiger partial charge in [0.15, 0.2) is 0 Å². The van der Waals surface area contributed by atoms with E-state index in [1.54, 1.807) is 7.11 Å². The van der Waals surface area contributed by atoms with E-state index < -0.39 is 5.60 Å². The molecule has 0 bridgehead atoms. The van der Waals surface area contributed by atoms with Crippen LogP contribution in [0.25, 0.3) is 0 Å². The molecule has 94 valence electrons. The molecular weight excluding hydrogens is 212 g/mol. The van der Waals surface area contributed by atoms with E-state index in [1.165, 1.54) is 11.1 Å². The van der Waals surface area contributed by atoms with E-state index in [0.29, 0.717) is 5.92 Å². The van der Waals surface area contributed by atoms with Gasteiger partial charge in [0.25, 0.3) is 0 Å². The second-order valence-corrected chi connectivity index (χ2v) is 5.26. The summed E-state index contributed by atoms with van der Waals surface area (Å²) in [5.41, 5.74) is 2.82. The van der Waals surface area contributed by atoms with E-state index >= 15 is 0 Å². The van der Waals surface area contributed by atoms with Crippen LogP contribution in [0, 0.1) is 0 Å². The number of ether oxygens (including phenoxy) is 1. The fourth-order valence-electron chi connectivity index (χ4n) is 2.48. The van der Waals surface area contributed by atoms with Crippen molar-refractivity contribution in [3.05, 3.63) is 28.8 Å². The Morgan fingerprint density at radius 1 is 1.35 bits per heavy atom. The second-order valence-electron chi connectivity index (χ2n) is 5.26. The van der Waals surface area contributed by atoms with Gasteiger partial charge in [-0.1, -0.05) is 32.9 Å². The third-order valence-corrected chi connectivity index (χ3v) is 3.67. The van der Waals surface area contributed by atoms with E-state index in [0.717, 1.165) is 30.6 Å². The summed E-state index contributed by atoms with van der Waals surface area (Å²) in [7, 11) is 1.70. The Morgan fingerprint density at radius 3 is 2.41 bits per heavy atom. The molecule has 0 atom stereocenters. The molecule has 1 aliphatic carbocycles. The van der Waals surface area contributed by atoms with Crippen LogP contribution < -0.4 is 4.74 Å². The summed E-state index contributed by atoms with van der Waals surface area (Å²) >= 11 is 0. The highest BCUT2D eigenvalue weighted by molar-refractivity contribution is 5.52. The van der Waals surface area contributed by atoms with Gasteiger partial charge < -0.3 is 9.84 Å². The average molecular weight is 234 g/mol. The quantitative estimate of drug-likeness (QED) is 0.865. The number of rotatable bonds is 4. The first-order valence-corrected chi connectivity index (χ1v) is 6.46. The minimum atomic E-state index is -0.629.